The lowest BCUT2D eigenvalue weighted by Crippen LogP contribution is -2.64. The summed E-state index contributed by atoms with van der Waals surface area (Å²) in [7, 11) is 0. The monoisotopic (exact) mass is 291 g/mol. The lowest BCUT2D eigenvalue weighted by molar-refractivity contribution is 0.00340. The van der Waals surface area contributed by atoms with E-state index in [2.05, 4.69) is 38.8 Å². The van der Waals surface area contributed by atoms with Gasteiger partial charge in [0.2, 0.25) is 0 Å². The summed E-state index contributed by atoms with van der Waals surface area (Å²) in [5.41, 5.74) is 0.355. The second-order valence-electron chi connectivity index (χ2n) is 6.85. The van der Waals surface area contributed by atoms with Gasteiger partial charge in [0.05, 0.1) is 6.54 Å². The average molecular weight is 291 g/mol. The summed E-state index contributed by atoms with van der Waals surface area (Å²) in [5, 5.41) is 8.09. The van der Waals surface area contributed by atoms with Gasteiger partial charge in [-0.15, -0.1) is 0 Å². The molecule has 3 rings (SSSR count). The van der Waals surface area contributed by atoms with E-state index in [-0.39, 0.29) is 0 Å². The summed E-state index contributed by atoms with van der Waals surface area (Å²) in [6.45, 7) is 8.67. The van der Waals surface area contributed by atoms with Crippen molar-refractivity contribution in [2.75, 3.05) is 13.1 Å². The van der Waals surface area contributed by atoms with Crippen LogP contribution in [0.3, 0.4) is 0 Å². The van der Waals surface area contributed by atoms with Crippen LogP contribution in [-0.2, 0) is 13.1 Å². The lowest BCUT2D eigenvalue weighted by Gasteiger charge is -2.51. The highest BCUT2D eigenvalue weighted by Crippen LogP contribution is 2.36. The van der Waals surface area contributed by atoms with Crippen LogP contribution in [-0.4, -0.2) is 44.3 Å². The van der Waals surface area contributed by atoms with Crippen molar-refractivity contribution in [2.45, 2.75) is 77.0 Å². The Morgan fingerprint density at radius 1 is 1.33 bits per heavy atom. The first-order valence-electron chi connectivity index (χ1n) is 8.59. The number of nitrogens with zero attached hydrogens (tertiary/aromatic N) is 4. The Hall–Kier alpha value is -0.940. The number of piperazine rings is 1. The van der Waals surface area contributed by atoms with Crippen LogP contribution in [0.2, 0.25) is 0 Å². The second kappa shape index (κ2) is 6.44. The third-order valence-electron chi connectivity index (χ3n) is 5.19. The smallest absolute Gasteiger partial charge is 0.141 e. The van der Waals surface area contributed by atoms with Crippen molar-refractivity contribution >= 4 is 0 Å². The minimum atomic E-state index is 0.355. The highest BCUT2D eigenvalue weighted by Gasteiger charge is 2.41. The zero-order valence-electron chi connectivity index (χ0n) is 13.5. The van der Waals surface area contributed by atoms with Gasteiger partial charge in [-0.2, -0.15) is 5.10 Å². The minimum absolute atomic E-state index is 0.355. The molecule has 1 saturated carbocycles. The standard InChI is InChI=1S/C16H29N5/c1-3-9-21-15(18-13-19-21)11-20-10-14(2)17-12-16(20)7-5-4-6-8-16/h13-14,17H,3-12H2,1-2H3. The Kier molecular flexibility index (Phi) is 4.60. The van der Waals surface area contributed by atoms with Gasteiger partial charge in [0.15, 0.2) is 0 Å². The number of rotatable bonds is 4. The second-order valence-corrected chi connectivity index (χ2v) is 6.85. The Balaban J connectivity index is 1.77. The molecule has 2 fully saturated rings. The first-order valence-corrected chi connectivity index (χ1v) is 8.59. The first-order chi connectivity index (χ1) is 10.2. The summed E-state index contributed by atoms with van der Waals surface area (Å²) >= 11 is 0. The van der Waals surface area contributed by atoms with Crippen molar-refractivity contribution in [3.63, 3.8) is 0 Å². The molecule has 5 heteroatoms. The largest absolute Gasteiger partial charge is 0.311 e. The average Bonchev–Trinajstić information content (AvgIpc) is 2.92. The first kappa shape index (κ1) is 15.0. The number of hydrogen-bond donors (Lipinski definition) is 1. The van der Waals surface area contributed by atoms with Gasteiger partial charge in [0.25, 0.3) is 0 Å². The third-order valence-corrected chi connectivity index (χ3v) is 5.19. The molecule has 1 aliphatic heterocycles. The van der Waals surface area contributed by atoms with Crippen LogP contribution in [0.15, 0.2) is 6.33 Å². The molecule has 21 heavy (non-hydrogen) atoms. The molecule has 1 aliphatic carbocycles. The van der Waals surface area contributed by atoms with Crippen LogP contribution in [0, 0.1) is 0 Å². The van der Waals surface area contributed by atoms with Crippen molar-refractivity contribution in [1.82, 2.24) is 25.0 Å². The molecular weight excluding hydrogens is 262 g/mol. The highest BCUT2D eigenvalue weighted by atomic mass is 15.4. The fourth-order valence-corrected chi connectivity index (χ4v) is 3.98. The zero-order valence-corrected chi connectivity index (χ0v) is 13.5. The van der Waals surface area contributed by atoms with Crippen LogP contribution < -0.4 is 5.32 Å². The van der Waals surface area contributed by atoms with Crippen LogP contribution in [0.4, 0.5) is 0 Å². The number of hydrogen-bond acceptors (Lipinski definition) is 4. The van der Waals surface area contributed by atoms with Crippen molar-refractivity contribution in [2.24, 2.45) is 0 Å². The Labute approximate surface area is 128 Å². The summed E-state index contributed by atoms with van der Waals surface area (Å²) < 4.78 is 2.09. The Morgan fingerprint density at radius 2 is 2.14 bits per heavy atom. The molecule has 1 N–H and O–H groups in total. The summed E-state index contributed by atoms with van der Waals surface area (Å²) in [5.74, 6) is 1.14. The van der Waals surface area contributed by atoms with E-state index in [4.69, 9.17) is 0 Å². The third kappa shape index (κ3) is 3.14. The van der Waals surface area contributed by atoms with Crippen molar-refractivity contribution < 1.29 is 0 Å². The fraction of sp³-hybridized carbons (Fsp3) is 0.875. The predicted molar refractivity (Wildman–Crippen MR) is 84.0 cm³/mol. The molecule has 0 bridgehead atoms. The van der Waals surface area contributed by atoms with E-state index in [0.717, 1.165) is 38.4 Å². The molecule has 1 spiro atoms. The van der Waals surface area contributed by atoms with Gasteiger partial charge in [-0.25, -0.2) is 9.67 Å². The molecule has 2 heterocycles. The van der Waals surface area contributed by atoms with E-state index >= 15 is 0 Å². The Morgan fingerprint density at radius 3 is 2.90 bits per heavy atom. The summed E-state index contributed by atoms with van der Waals surface area (Å²) in [6, 6.07) is 0.570. The van der Waals surface area contributed by atoms with Crippen molar-refractivity contribution in [3.8, 4) is 0 Å². The van der Waals surface area contributed by atoms with Gasteiger partial charge in [-0.05, 0) is 26.2 Å². The molecule has 5 nitrogen and oxygen atoms in total. The van der Waals surface area contributed by atoms with Crippen LogP contribution >= 0.6 is 0 Å². The normalized spacial score (nSPS) is 26.3. The number of aryl methyl sites for hydroxylation is 1. The maximum Gasteiger partial charge on any atom is 0.141 e. The summed E-state index contributed by atoms with van der Waals surface area (Å²) in [4.78, 5) is 7.22. The zero-order chi connectivity index (χ0) is 14.7. The van der Waals surface area contributed by atoms with E-state index in [0.29, 0.717) is 11.6 Å². The van der Waals surface area contributed by atoms with Crippen LogP contribution in [0.1, 0.15) is 58.2 Å². The minimum Gasteiger partial charge on any atom is -0.311 e. The molecule has 1 atom stereocenters. The molecule has 0 aromatic carbocycles. The highest BCUT2D eigenvalue weighted by molar-refractivity contribution is 5.01. The van der Waals surface area contributed by atoms with Gasteiger partial charge in [0.1, 0.15) is 12.2 Å². The molecule has 0 amide bonds. The lowest BCUT2D eigenvalue weighted by atomic mass is 9.78. The molecule has 1 saturated heterocycles. The van der Waals surface area contributed by atoms with E-state index < -0.39 is 0 Å². The van der Waals surface area contributed by atoms with Crippen LogP contribution in [0.25, 0.3) is 0 Å². The molecule has 1 unspecified atom stereocenters. The molecular formula is C16H29N5. The van der Waals surface area contributed by atoms with Crippen molar-refractivity contribution in [3.05, 3.63) is 12.2 Å². The predicted octanol–water partition coefficient (Wildman–Crippen LogP) is 2.18. The molecule has 1 aromatic rings. The van der Waals surface area contributed by atoms with Gasteiger partial charge in [-0.1, -0.05) is 26.2 Å². The summed E-state index contributed by atoms with van der Waals surface area (Å²) in [6.07, 6.45) is 9.62. The van der Waals surface area contributed by atoms with Gasteiger partial charge < -0.3 is 5.32 Å². The van der Waals surface area contributed by atoms with Gasteiger partial charge >= 0.3 is 0 Å². The maximum atomic E-state index is 4.52. The van der Waals surface area contributed by atoms with Gasteiger partial charge in [-0.3, -0.25) is 4.90 Å². The van der Waals surface area contributed by atoms with Crippen LogP contribution in [0.5, 0.6) is 0 Å². The van der Waals surface area contributed by atoms with E-state index in [1.165, 1.54) is 32.1 Å². The Bertz CT molecular complexity index is 449. The van der Waals surface area contributed by atoms with E-state index in [1.54, 1.807) is 6.33 Å². The number of aromatic nitrogens is 3. The van der Waals surface area contributed by atoms with E-state index in [1.807, 2.05) is 0 Å². The SMILES string of the molecule is CCCn1ncnc1CN1CC(C)NCC12CCCCC2. The molecule has 118 valence electrons. The quantitative estimate of drug-likeness (QED) is 0.923. The fourth-order valence-electron chi connectivity index (χ4n) is 3.98. The number of nitrogens with one attached hydrogen (secondary N) is 1. The molecule has 1 aromatic heterocycles. The van der Waals surface area contributed by atoms with Gasteiger partial charge in [0, 0.05) is 31.2 Å². The topological polar surface area (TPSA) is 46.0 Å². The van der Waals surface area contributed by atoms with E-state index in [9.17, 15) is 0 Å². The van der Waals surface area contributed by atoms with Crippen molar-refractivity contribution in [1.29, 1.82) is 0 Å². The molecule has 2 aliphatic rings. The molecule has 0 radical (unpaired) electrons. The maximum absolute atomic E-state index is 4.52.